The Labute approximate surface area is 148 Å². The van der Waals surface area contributed by atoms with Gasteiger partial charge in [-0.25, -0.2) is 23.3 Å². The first-order valence-corrected chi connectivity index (χ1v) is 9.42. The van der Waals surface area contributed by atoms with Gasteiger partial charge >= 0.3 is 0 Å². The maximum Gasteiger partial charge on any atom is 0.251 e. The fourth-order valence-corrected chi connectivity index (χ4v) is 3.78. The van der Waals surface area contributed by atoms with Gasteiger partial charge in [0.2, 0.25) is 5.92 Å². The number of hydrogen-bond donors (Lipinski definition) is 0. The van der Waals surface area contributed by atoms with Crippen LogP contribution in [0.4, 0.5) is 8.78 Å². The molecule has 1 aliphatic rings. The summed E-state index contributed by atoms with van der Waals surface area (Å²) in [6.45, 7) is 4.99. The number of imidazole rings is 1. The molecule has 0 radical (unpaired) electrons. The minimum absolute atomic E-state index is 0.0804. The molecular formula is C19H28F2N4. The van der Waals surface area contributed by atoms with Gasteiger partial charge in [-0.15, -0.1) is 0 Å². The first-order valence-electron chi connectivity index (χ1n) is 9.42. The molecule has 0 amide bonds. The Kier molecular flexibility index (Phi) is 5.35. The van der Waals surface area contributed by atoms with Crippen LogP contribution in [0.25, 0.3) is 5.78 Å². The van der Waals surface area contributed by atoms with Crippen LogP contribution in [0.5, 0.6) is 0 Å². The van der Waals surface area contributed by atoms with Gasteiger partial charge in [0.15, 0.2) is 0 Å². The van der Waals surface area contributed by atoms with Gasteiger partial charge in [0.25, 0.3) is 5.78 Å². The van der Waals surface area contributed by atoms with Gasteiger partial charge in [-0.2, -0.15) is 5.10 Å². The fourth-order valence-electron chi connectivity index (χ4n) is 3.78. The van der Waals surface area contributed by atoms with Crippen LogP contribution in [0.15, 0.2) is 6.20 Å². The second-order valence-corrected chi connectivity index (χ2v) is 7.81. The van der Waals surface area contributed by atoms with Gasteiger partial charge in [0.05, 0.1) is 23.3 Å². The van der Waals surface area contributed by atoms with E-state index in [1.54, 1.807) is 4.52 Å². The van der Waals surface area contributed by atoms with Crippen LogP contribution in [0.2, 0.25) is 0 Å². The lowest BCUT2D eigenvalue weighted by atomic mass is 9.86. The van der Waals surface area contributed by atoms with Gasteiger partial charge in [-0.05, 0) is 45.4 Å². The number of hydrogen-bond acceptors (Lipinski definition) is 3. The molecule has 0 saturated heterocycles. The monoisotopic (exact) mass is 350 g/mol. The van der Waals surface area contributed by atoms with Crippen LogP contribution in [0.3, 0.4) is 0 Å². The standard InChI is InChI=1S/C19H28F2N4/c1-13(9-10-19(3,20)21)11-16-12-25-18(22-16)23-17(14(2)24-25)15-7-5-4-6-8-15/h12-13,15H,4-11H2,1-3H3. The third kappa shape index (κ3) is 4.73. The number of rotatable bonds is 6. The lowest BCUT2D eigenvalue weighted by Crippen LogP contribution is -2.12. The van der Waals surface area contributed by atoms with E-state index in [0.29, 0.717) is 24.5 Å². The predicted molar refractivity (Wildman–Crippen MR) is 94.1 cm³/mol. The lowest BCUT2D eigenvalue weighted by Gasteiger charge is -2.21. The summed E-state index contributed by atoms with van der Waals surface area (Å²) in [6, 6.07) is 0. The van der Waals surface area contributed by atoms with E-state index in [1.165, 1.54) is 32.1 Å². The topological polar surface area (TPSA) is 43.1 Å². The van der Waals surface area contributed by atoms with Crippen molar-refractivity contribution >= 4 is 5.78 Å². The van der Waals surface area contributed by atoms with E-state index < -0.39 is 5.92 Å². The fraction of sp³-hybridized carbons (Fsp3) is 0.737. The third-order valence-corrected chi connectivity index (χ3v) is 5.19. The summed E-state index contributed by atoms with van der Waals surface area (Å²) in [5.74, 6) is -1.30. The average molecular weight is 350 g/mol. The number of halogens is 2. The van der Waals surface area contributed by atoms with E-state index in [2.05, 4.69) is 10.1 Å². The summed E-state index contributed by atoms with van der Waals surface area (Å²) in [4.78, 5) is 9.38. The second-order valence-electron chi connectivity index (χ2n) is 7.81. The molecule has 2 aromatic rings. The first kappa shape index (κ1) is 18.2. The Morgan fingerprint density at radius 2 is 1.96 bits per heavy atom. The Morgan fingerprint density at radius 3 is 2.64 bits per heavy atom. The molecule has 0 aromatic carbocycles. The van der Waals surface area contributed by atoms with Crippen LogP contribution < -0.4 is 0 Å². The van der Waals surface area contributed by atoms with Crippen molar-refractivity contribution in [3.63, 3.8) is 0 Å². The molecule has 1 atom stereocenters. The van der Waals surface area contributed by atoms with Crippen molar-refractivity contribution in [2.45, 2.75) is 84.0 Å². The number of aryl methyl sites for hydroxylation is 1. The summed E-state index contributed by atoms with van der Waals surface area (Å²) in [5, 5.41) is 4.64. The molecule has 2 aromatic heterocycles. The quantitative estimate of drug-likeness (QED) is 0.728. The van der Waals surface area contributed by atoms with Crippen molar-refractivity contribution in [2.75, 3.05) is 0 Å². The van der Waals surface area contributed by atoms with Gasteiger partial charge < -0.3 is 0 Å². The molecule has 1 saturated carbocycles. The van der Waals surface area contributed by atoms with Crippen molar-refractivity contribution in [3.05, 3.63) is 23.3 Å². The maximum atomic E-state index is 13.0. The van der Waals surface area contributed by atoms with Crippen molar-refractivity contribution in [1.82, 2.24) is 19.6 Å². The molecule has 25 heavy (non-hydrogen) atoms. The number of nitrogens with zero attached hydrogens (tertiary/aromatic N) is 4. The van der Waals surface area contributed by atoms with E-state index in [1.807, 2.05) is 20.0 Å². The molecule has 0 aliphatic heterocycles. The SMILES string of the molecule is Cc1nn2cc(CC(C)CCC(C)(F)F)nc2nc1C1CCCCC1. The molecule has 3 rings (SSSR count). The highest BCUT2D eigenvalue weighted by Crippen LogP contribution is 2.32. The lowest BCUT2D eigenvalue weighted by molar-refractivity contribution is 0.00721. The minimum Gasteiger partial charge on any atom is -0.215 e. The Morgan fingerprint density at radius 1 is 1.24 bits per heavy atom. The smallest absolute Gasteiger partial charge is 0.215 e. The van der Waals surface area contributed by atoms with Crippen LogP contribution in [-0.2, 0) is 6.42 Å². The van der Waals surface area contributed by atoms with Crippen molar-refractivity contribution in [2.24, 2.45) is 5.92 Å². The Balaban J connectivity index is 1.73. The maximum absolute atomic E-state index is 13.0. The number of fused-ring (bicyclic) bond motifs is 1. The molecule has 4 nitrogen and oxygen atoms in total. The molecule has 138 valence electrons. The largest absolute Gasteiger partial charge is 0.251 e. The molecule has 0 bridgehead atoms. The molecule has 6 heteroatoms. The summed E-state index contributed by atoms with van der Waals surface area (Å²) in [6.07, 6.45) is 9.18. The first-order chi connectivity index (χ1) is 11.8. The van der Waals surface area contributed by atoms with Crippen LogP contribution in [0, 0.1) is 12.8 Å². The van der Waals surface area contributed by atoms with Gasteiger partial charge in [0, 0.05) is 12.3 Å². The summed E-state index contributed by atoms with van der Waals surface area (Å²) in [5.41, 5.74) is 2.94. The predicted octanol–water partition coefficient (Wildman–Crippen LogP) is 5.09. The van der Waals surface area contributed by atoms with Crippen molar-refractivity contribution < 1.29 is 8.78 Å². The zero-order valence-corrected chi connectivity index (χ0v) is 15.4. The average Bonchev–Trinajstić information content (AvgIpc) is 2.93. The molecule has 0 N–H and O–H groups in total. The summed E-state index contributed by atoms with van der Waals surface area (Å²) >= 11 is 0. The molecule has 0 spiro atoms. The van der Waals surface area contributed by atoms with E-state index in [9.17, 15) is 8.78 Å². The van der Waals surface area contributed by atoms with E-state index >= 15 is 0 Å². The van der Waals surface area contributed by atoms with Gasteiger partial charge in [0.1, 0.15) is 0 Å². The Hall–Kier alpha value is -1.59. The molecule has 1 aliphatic carbocycles. The molecule has 1 fully saturated rings. The summed E-state index contributed by atoms with van der Waals surface area (Å²) < 4.78 is 27.8. The number of aromatic nitrogens is 4. The second kappa shape index (κ2) is 7.34. The zero-order chi connectivity index (χ0) is 18.0. The van der Waals surface area contributed by atoms with Gasteiger partial charge in [-0.1, -0.05) is 26.2 Å². The van der Waals surface area contributed by atoms with Gasteiger partial charge in [-0.3, -0.25) is 0 Å². The van der Waals surface area contributed by atoms with Crippen molar-refractivity contribution in [3.8, 4) is 0 Å². The minimum atomic E-state index is -2.59. The Bertz CT molecular complexity index is 714. The highest BCUT2D eigenvalue weighted by Gasteiger charge is 2.23. The zero-order valence-electron chi connectivity index (χ0n) is 15.4. The van der Waals surface area contributed by atoms with Crippen LogP contribution in [0.1, 0.15) is 81.8 Å². The molecule has 2 heterocycles. The number of alkyl halides is 2. The molecule has 1 unspecified atom stereocenters. The van der Waals surface area contributed by atoms with E-state index in [0.717, 1.165) is 24.0 Å². The highest BCUT2D eigenvalue weighted by molar-refractivity contribution is 5.32. The normalized spacial score (nSPS) is 18.0. The van der Waals surface area contributed by atoms with Crippen LogP contribution >= 0.6 is 0 Å². The van der Waals surface area contributed by atoms with E-state index in [-0.39, 0.29) is 12.3 Å². The van der Waals surface area contributed by atoms with Crippen LogP contribution in [-0.4, -0.2) is 25.5 Å². The molecular weight excluding hydrogens is 322 g/mol. The highest BCUT2D eigenvalue weighted by atomic mass is 19.3. The summed E-state index contributed by atoms with van der Waals surface area (Å²) in [7, 11) is 0. The van der Waals surface area contributed by atoms with E-state index in [4.69, 9.17) is 4.98 Å². The third-order valence-electron chi connectivity index (χ3n) is 5.19. The van der Waals surface area contributed by atoms with Crippen molar-refractivity contribution in [1.29, 1.82) is 0 Å².